The van der Waals surface area contributed by atoms with Gasteiger partial charge in [0.2, 0.25) is 5.91 Å². The number of allylic oxidation sites excluding steroid dienone is 2. The van der Waals surface area contributed by atoms with Crippen LogP contribution in [0.3, 0.4) is 0 Å². The van der Waals surface area contributed by atoms with Crippen LogP contribution in [0.4, 0.5) is 0 Å². The van der Waals surface area contributed by atoms with E-state index in [2.05, 4.69) is 52.0 Å². The molecule has 1 amide bonds. The van der Waals surface area contributed by atoms with Gasteiger partial charge in [0.25, 0.3) is 0 Å². The summed E-state index contributed by atoms with van der Waals surface area (Å²) in [5.41, 5.74) is 2.59. The van der Waals surface area contributed by atoms with E-state index in [1.807, 2.05) is 0 Å². The van der Waals surface area contributed by atoms with Gasteiger partial charge in [-0.3, -0.25) is 4.79 Å². The van der Waals surface area contributed by atoms with Crippen LogP contribution < -0.4 is 5.48 Å². The first-order valence-corrected chi connectivity index (χ1v) is 12.9. The molecule has 1 rings (SSSR count). The maximum Gasteiger partial charge on any atom is 0.309 e. The van der Waals surface area contributed by atoms with Crippen LogP contribution in [0.2, 0.25) is 0 Å². The molecular formula is C23H43N3O3S. The number of carbonyl (C=O) groups excluding carboxylic acids is 1. The van der Waals surface area contributed by atoms with Gasteiger partial charge in [0.1, 0.15) is 5.84 Å². The minimum absolute atomic E-state index is 0.297. The van der Waals surface area contributed by atoms with Gasteiger partial charge in [-0.2, -0.15) is 4.28 Å². The molecule has 1 aliphatic rings. The van der Waals surface area contributed by atoms with Crippen molar-refractivity contribution in [3.63, 3.8) is 0 Å². The van der Waals surface area contributed by atoms with Crippen molar-refractivity contribution in [2.24, 2.45) is 4.40 Å². The van der Waals surface area contributed by atoms with E-state index in [1.165, 1.54) is 32.1 Å². The van der Waals surface area contributed by atoms with Crippen molar-refractivity contribution in [1.82, 2.24) is 10.4 Å². The zero-order valence-electron chi connectivity index (χ0n) is 19.4. The number of hydrogen-bond donors (Lipinski definition) is 1. The molecule has 0 aromatic heterocycles. The molecule has 1 heterocycles. The van der Waals surface area contributed by atoms with Crippen LogP contribution in [0.15, 0.2) is 16.5 Å². The summed E-state index contributed by atoms with van der Waals surface area (Å²) in [6.07, 6.45) is 19.8. The number of hydroxylamine groups is 1. The molecule has 1 unspecified atom stereocenters. The van der Waals surface area contributed by atoms with Crippen molar-refractivity contribution in [2.45, 2.75) is 117 Å². The Balaban J connectivity index is 1.99. The van der Waals surface area contributed by atoms with Gasteiger partial charge in [-0.15, -0.1) is 4.40 Å². The maximum atomic E-state index is 12.4. The minimum Gasteiger partial charge on any atom is -0.340 e. The number of rotatable bonds is 18. The molecule has 0 aliphatic carbocycles. The van der Waals surface area contributed by atoms with Crippen LogP contribution in [0.5, 0.6) is 0 Å². The first kappa shape index (κ1) is 26.8. The number of nitrogens with one attached hydrogen (secondary N) is 1. The molecule has 1 atom stereocenters. The van der Waals surface area contributed by atoms with Crippen LogP contribution in [0, 0.1) is 0 Å². The smallest absolute Gasteiger partial charge is 0.309 e. The lowest BCUT2D eigenvalue weighted by atomic mass is 10.1. The van der Waals surface area contributed by atoms with E-state index in [0.29, 0.717) is 24.2 Å². The van der Waals surface area contributed by atoms with Crippen molar-refractivity contribution in [3.05, 3.63) is 12.2 Å². The first-order chi connectivity index (χ1) is 14.5. The average molecular weight is 442 g/mol. The number of carbonyl (C=O) groups is 1. The zero-order chi connectivity index (χ0) is 22.0. The number of nitrogens with zero attached hydrogens (tertiary/aromatic N) is 2. The summed E-state index contributed by atoms with van der Waals surface area (Å²) >= 11 is -1.53. The predicted octanol–water partition coefficient (Wildman–Crippen LogP) is 5.77. The molecule has 0 saturated heterocycles. The second-order valence-corrected chi connectivity index (χ2v) is 9.14. The quantitative estimate of drug-likeness (QED) is 0.216. The summed E-state index contributed by atoms with van der Waals surface area (Å²) in [5, 5.41) is 0. The summed E-state index contributed by atoms with van der Waals surface area (Å²) in [4.78, 5) is 14.5. The van der Waals surface area contributed by atoms with Crippen molar-refractivity contribution in [2.75, 3.05) is 6.54 Å². The summed E-state index contributed by atoms with van der Waals surface area (Å²) in [7, 11) is 0. The third-order valence-electron chi connectivity index (χ3n) is 5.32. The van der Waals surface area contributed by atoms with Crippen LogP contribution in [0.1, 0.15) is 111 Å². The molecule has 0 radical (unpaired) electrons. The molecule has 1 aliphatic heterocycles. The van der Waals surface area contributed by atoms with E-state index >= 15 is 0 Å². The van der Waals surface area contributed by atoms with Gasteiger partial charge in [-0.05, 0) is 58.8 Å². The summed E-state index contributed by atoms with van der Waals surface area (Å²) in [6.45, 7) is 7.33. The lowest BCUT2D eigenvalue weighted by Gasteiger charge is -2.27. The average Bonchev–Trinajstić information content (AvgIpc) is 3.13. The Morgan fingerprint density at radius 1 is 1.03 bits per heavy atom. The molecule has 0 saturated carbocycles. The minimum atomic E-state index is -1.53. The molecule has 174 valence electrons. The fraction of sp³-hybridized carbons (Fsp3) is 0.826. The van der Waals surface area contributed by atoms with E-state index in [0.717, 1.165) is 57.9 Å². The summed E-state index contributed by atoms with van der Waals surface area (Å²) < 4.78 is 19.4. The monoisotopic (exact) mass is 441 g/mol. The largest absolute Gasteiger partial charge is 0.340 e. The molecule has 7 heteroatoms. The highest BCUT2D eigenvalue weighted by Gasteiger charge is 2.15. The number of amidine groups is 1. The maximum absolute atomic E-state index is 12.4. The fourth-order valence-electron chi connectivity index (χ4n) is 3.51. The highest BCUT2D eigenvalue weighted by atomic mass is 32.2. The van der Waals surface area contributed by atoms with Crippen molar-refractivity contribution < 1.29 is 13.3 Å². The molecular weight excluding hydrogens is 398 g/mol. The van der Waals surface area contributed by atoms with E-state index in [9.17, 15) is 9.00 Å². The van der Waals surface area contributed by atoms with Crippen molar-refractivity contribution >= 4 is 23.0 Å². The van der Waals surface area contributed by atoms with Gasteiger partial charge >= 0.3 is 11.3 Å². The van der Waals surface area contributed by atoms with Crippen LogP contribution >= 0.6 is 0 Å². The summed E-state index contributed by atoms with van der Waals surface area (Å²) in [5.74, 6) is 1.02. The second-order valence-electron chi connectivity index (χ2n) is 8.35. The first-order valence-electron chi connectivity index (χ1n) is 11.9. The third kappa shape index (κ3) is 13.2. The van der Waals surface area contributed by atoms with Gasteiger partial charge in [0.15, 0.2) is 0 Å². The van der Waals surface area contributed by atoms with Gasteiger partial charge in [-0.25, -0.2) is 9.69 Å². The fourth-order valence-corrected chi connectivity index (χ4v) is 4.03. The Labute approximate surface area is 186 Å². The highest BCUT2D eigenvalue weighted by molar-refractivity contribution is 7.79. The van der Waals surface area contributed by atoms with Crippen LogP contribution in [0.25, 0.3) is 0 Å². The van der Waals surface area contributed by atoms with E-state index in [1.54, 1.807) is 0 Å². The Kier molecular flexibility index (Phi) is 15.6. The Hall–Kier alpha value is -1.21. The van der Waals surface area contributed by atoms with E-state index in [-0.39, 0.29) is 0 Å². The Morgan fingerprint density at radius 3 is 2.33 bits per heavy atom. The standard InChI is InChI=1S/C23H43N3O3S/c1-4-5-6-16-19-23(27)26(21(2)3)20-17-14-12-10-8-7-9-11-13-15-18-22-24-29-30(28)25-22/h8,10,21H,4-7,9,11-20H2,1-3H3,(H,24,25)/b10-8-. The molecule has 0 aromatic carbocycles. The number of unbranched alkanes of at least 4 members (excludes halogenated alkanes) is 9. The SMILES string of the molecule is CCCCCCC(=O)N(CCCC/C=C\CCCCCCC1=NS(=O)ON1)C(C)C. The van der Waals surface area contributed by atoms with Crippen LogP contribution in [-0.4, -0.2) is 33.4 Å². The van der Waals surface area contributed by atoms with Crippen molar-refractivity contribution in [3.8, 4) is 0 Å². The molecule has 0 spiro atoms. The van der Waals surface area contributed by atoms with E-state index < -0.39 is 11.3 Å². The predicted molar refractivity (Wildman–Crippen MR) is 126 cm³/mol. The highest BCUT2D eigenvalue weighted by Crippen LogP contribution is 2.11. The molecule has 0 aromatic rings. The molecule has 1 N–H and O–H groups in total. The van der Waals surface area contributed by atoms with E-state index in [4.69, 9.17) is 0 Å². The van der Waals surface area contributed by atoms with Crippen molar-refractivity contribution in [1.29, 1.82) is 0 Å². The Morgan fingerprint density at radius 2 is 1.70 bits per heavy atom. The lowest BCUT2D eigenvalue weighted by Crippen LogP contribution is -2.37. The Bertz CT molecular complexity index is 550. The van der Waals surface area contributed by atoms with Gasteiger partial charge < -0.3 is 4.90 Å². The second kappa shape index (κ2) is 17.5. The van der Waals surface area contributed by atoms with Gasteiger partial charge in [0.05, 0.1) is 0 Å². The molecule has 0 bridgehead atoms. The number of hydrogen-bond acceptors (Lipinski definition) is 4. The zero-order valence-corrected chi connectivity index (χ0v) is 20.2. The van der Waals surface area contributed by atoms with Gasteiger partial charge in [-0.1, -0.05) is 51.2 Å². The van der Waals surface area contributed by atoms with Gasteiger partial charge in [0, 0.05) is 25.4 Å². The topological polar surface area (TPSA) is 71.0 Å². The number of amides is 1. The third-order valence-corrected chi connectivity index (χ3v) is 5.92. The molecule has 30 heavy (non-hydrogen) atoms. The van der Waals surface area contributed by atoms with Crippen LogP contribution in [-0.2, 0) is 20.3 Å². The molecule has 0 fully saturated rings. The summed E-state index contributed by atoms with van der Waals surface area (Å²) in [6, 6.07) is 0.297. The lowest BCUT2D eigenvalue weighted by molar-refractivity contribution is -0.133. The normalized spacial score (nSPS) is 16.3. The molecule has 6 nitrogen and oxygen atoms in total.